The average Bonchev–Trinajstić information content (AvgIpc) is 2.74. The Kier molecular flexibility index (Phi) is 4.98. The molecule has 4 rings (SSSR count). The van der Waals surface area contributed by atoms with E-state index < -0.39 is 16.0 Å². The lowest BCUT2D eigenvalue weighted by molar-refractivity contribution is 0.0734. The van der Waals surface area contributed by atoms with Gasteiger partial charge < -0.3 is 4.74 Å². The van der Waals surface area contributed by atoms with Crippen LogP contribution in [0, 0.1) is 0 Å². The molecule has 0 N–H and O–H groups in total. The molecule has 1 aliphatic rings. The molecule has 0 spiro atoms. The van der Waals surface area contributed by atoms with Gasteiger partial charge in [0, 0.05) is 13.1 Å². The molecular formula is C22H19NO4S. The van der Waals surface area contributed by atoms with Gasteiger partial charge in [0.05, 0.1) is 10.5 Å². The largest absolute Gasteiger partial charge is 0.423 e. The quantitative estimate of drug-likeness (QED) is 0.501. The van der Waals surface area contributed by atoms with Crippen LogP contribution in [0.2, 0.25) is 0 Å². The van der Waals surface area contributed by atoms with E-state index >= 15 is 0 Å². The lowest BCUT2D eigenvalue weighted by Crippen LogP contribution is -2.36. The van der Waals surface area contributed by atoms with E-state index in [-0.39, 0.29) is 10.5 Å². The molecule has 1 aliphatic heterocycles. The van der Waals surface area contributed by atoms with E-state index in [1.165, 1.54) is 22.0 Å². The van der Waals surface area contributed by atoms with Crippen molar-refractivity contribution < 1.29 is 17.9 Å². The average molecular weight is 393 g/mol. The van der Waals surface area contributed by atoms with Crippen molar-refractivity contribution in [1.82, 2.24) is 4.31 Å². The normalized spacial score (nSPS) is 14.3. The van der Waals surface area contributed by atoms with E-state index in [1.807, 2.05) is 30.3 Å². The second kappa shape index (κ2) is 7.58. The van der Waals surface area contributed by atoms with Crippen molar-refractivity contribution in [2.24, 2.45) is 0 Å². The Labute approximate surface area is 164 Å². The molecule has 0 unspecified atom stereocenters. The summed E-state index contributed by atoms with van der Waals surface area (Å²) in [5, 5.41) is 0. The first-order valence-electron chi connectivity index (χ1n) is 8.98. The second-order valence-electron chi connectivity index (χ2n) is 6.59. The van der Waals surface area contributed by atoms with Gasteiger partial charge in [0.15, 0.2) is 0 Å². The zero-order valence-corrected chi connectivity index (χ0v) is 15.9. The summed E-state index contributed by atoms with van der Waals surface area (Å²) in [7, 11) is -3.71. The van der Waals surface area contributed by atoms with E-state index in [1.54, 1.807) is 36.4 Å². The zero-order valence-electron chi connectivity index (χ0n) is 15.1. The summed E-state index contributed by atoms with van der Waals surface area (Å²) in [5.41, 5.74) is 2.38. The number of carbonyl (C=O) groups is 1. The SMILES string of the molecule is O=C(Oc1ccccc1)c1cccc(S(=O)(=O)N2CCc3ccccc3C2)c1. The maximum Gasteiger partial charge on any atom is 0.343 e. The maximum absolute atomic E-state index is 13.1. The van der Waals surface area contributed by atoms with E-state index in [0.717, 1.165) is 5.56 Å². The lowest BCUT2D eigenvalue weighted by atomic mass is 10.0. The summed E-state index contributed by atoms with van der Waals surface area (Å²) in [5.74, 6) is -0.180. The standard InChI is InChI=1S/C22H19NO4S/c24-22(27-20-10-2-1-3-11-20)18-9-6-12-21(15-18)28(25,26)23-14-13-17-7-4-5-8-19(17)16-23/h1-12,15H,13-14,16H2. The van der Waals surface area contributed by atoms with Gasteiger partial charge in [-0.2, -0.15) is 4.31 Å². The van der Waals surface area contributed by atoms with Crippen LogP contribution in [0.15, 0.2) is 83.8 Å². The van der Waals surface area contributed by atoms with Gasteiger partial charge in [0.2, 0.25) is 10.0 Å². The highest BCUT2D eigenvalue weighted by Gasteiger charge is 2.28. The number of carbonyl (C=O) groups excluding carboxylic acids is 1. The Morgan fingerprint density at radius 2 is 1.57 bits per heavy atom. The summed E-state index contributed by atoms with van der Waals surface area (Å²) >= 11 is 0. The molecular weight excluding hydrogens is 374 g/mol. The first-order valence-corrected chi connectivity index (χ1v) is 10.4. The van der Waals surface area contributed by atoms with Crippen LogP contribution in [0.5, 0.6) is 5.75 Å². The molecule has 3 aromatic rings. The molecule has 0 saturated carbocycles. The molecule has 0 radical (unpaired) electrons. The number of ether oxygens (including phenoxy) is 1. The van der Waals surface area contributed by atoms with Crippen molar-refractivity contribution >= 4 is 16.0 Å². The smallest absolute Gasteiger partial charge is 0.343 e. The number of para-hydroxylation sites is 1. The van der Waals surface area contributed by atoms with E-state index in [9.17, 15) is 13.2 Å². The number of hydrogen-bond donors (Lipinski definition) is 0. The minimum Gasteiger partial charge on any atom is -0.423 e. The molecule has 6 heteroatoms. The zero-order chi connectivity index (χ0) is 19.6. The van der Waals surface area contributed by atoms with Gasteiger partial charge in [0.1, 0.15) is 5.75 Å². The summed E-state index contributed by atoms with van der Waals surface area (Å²) in [6.07, 6.45) is 0.672. The van der Waals surface area contributed by atoms with Crippen molar-refractivity contribution in [3.63, 3.8) is 0 Å². The highest BCUT2D eigenvalue weighted by Crippen LogP contribution is 2.25. The monoisotopic (exact) mass is 393 g/mol. The Hall–Kier alpha value is -2.96. The van der Waals surface area contributed by atoms with Crippen molar-refractivity contribution in [1.29, 1.82) is 0 Å². The van der Waals surface area contributed by atoms with Gasteiger partial charge in [0.25, 0.3) is 0 Å². The maximum atomic E-state index is 13.1. The molecule has 0 aromatic heterocycles. The van der Waals surface area contributed by atoms with Crippen LogP contribution < -0.4 is 4.74 Å². The fourth-order valence-electron chi connectivity index (χ4n) is 3.26. The van der Waals surface area contributed by atoms with Crippen LogP contribution >= 0.6 is 0 Å². The first-order chi connectivity index (χ1) is 13.5. The van der Waals surface area contributed by atoms with Crippen LogP contribution in [0.25, 0.3) is 0 Å². The first kappa shape index (κ1) is 18.4. The minimum absolute atomic E-state index is 0.0920. The number of rotatable bonds is 4. The topological polar surface area (TPSA) is 63.7 Å². The predicted molar refractivity (Wildman–Crippen MR) is 106 cm³/mol. The van der Waals surface area contributed by atoms with Crippen molar-refractivity contribution in [3.8, 4) is 5.75 Å². The summed E-state index contributed by atoms with van der Waals surface area (Å²) < 4.78 is 33.0. The minimum atomic E-state index is -3.71. The van der Waals surface area contributed by atoms with Crippen molar-refractivity contribution in [2.75, 3.05) is 6.54 Å². The van der Waals surface area contributed by atoms with Crippen molar-refractivity contribution in [2.45, 2.75) is 17.9 Å². The van der Waals surface area contributed by atoms with E-state index in [2.05, 4.69) is 0 Å². The molecule has 1 heterocycles. The third-order valence-electron chi connectivity index (χ3n) is 4.76. The molecule has 0 saturated heterocycles. The molecule has 28 heavy (non-hydrogen) atoms. The van der Waals surface area contributed by atoms with Gasteiger partial charge in [-0.25, -0.2) is 13.2 Å². The molecule has 0 fully saturated rings. The van der Waals surface area contributed by atoms with Gasteiger partial charge >= 0.3 is 5.97 Å². The van der Waals surface area contributed by atoms with E-state index in [4.69, 9.17) is 4.74 Å². The molecule has 5 nitrogen and oxygen atoms in total. The summed E-state index contributed by atoms with van der Waals surface area (Å²) in [4.78, 5) is 12.5. The Morgan fingerprint density at radius 1 is 0.857 bits per heavy atom. The van der Waals surface area contributed by atoms with Crippen LogP contribution in [0.4, 0.5) is 0 Å². The number of esters is 1. The van der Waals surface area contributed by atoms with Gasteiger partial charge in [-0.1, -0.05) is 48.5 Å². The number of nitrogens with zero attached hydrogens (tertiary/aromatic N) is 1. The Morgan fingerprint density at radius 3 is 2.36 bits per heavy atom. The Balaban J connectivity index is 1.57. The third-order valence-corrected chi connectivity index (χ3v) is 6.60. The number of hydrogen-bond acceptors (Lipinski definition) is 4. The summed E-state index contributed by atoms with van der Waals surface area (Å²) in [6, 6.07) is 22.5. The molecule has 0 atom stereocenters. The Bertz CT molecular complexity index is 1110. The lowest BCUT2D eigenvalue weighted by Gasteiger charge is -2.28. The molecule has 0 bridgehead atoms. The van der Waals surface area contributed by atoms with Crippen LogP contribution in [0.3, 0.4) is 0 Å². The summed E-state index contributed by atoms with van der Waals surface area (Å²) in [6.45, 7) is 0.745. The number of sulfonamides is 1. The van der Waals surface area contributed by atoms with Gasteiger partial charge in [-0.05, 0) is 47.9 Å². The van der Waals surface area contributed by atoms with Gasteiger partial charge in [-0.15, -0.1) is 0 Å². The fourth-order valence-corrected chi connectivity index (χ4v) is 4.73. The van der Waals surface area contributed by atoms with Crippen LogP contribution in [0.1, 0.15) is 21.5 Å². The molecule has 0 amide bonds. The van der Waals surface area contributed by atoms with Gasteiger partial charge in [-0.3, -0.25) is 0 Å². The molecule has 142 valence electrons. The van der Waals surface area contributed by atoms with Crippen LogP contribution in [-0.2, 0) is 23.0 Å². The molecule has 3 aromatic carbocycles. The van der Waals surface area contributed by atoms with Crippen LogP contribution in [-0.4, -0.2) is 25.2 Å². The molecule has 0 aliphatic carbocycles. The van der Waals surface area contributed by atoms with Crippen molar-refractivity contribution in [3.05, 3.63) is 95.6 Å². The number of fused-ring (bicyclic) bond motifs is 1. The number of benzene rings is 3. The predicted octanol–water partition coefficient (Wildman–Crippen LogP) is 3.65. The fraction of sp³-hybridized carbons (Fsp3) is 0.136. The third kappa shape index (κ3) is 3.69. The second-order valence-corrected chi connectivity index (χ2v) is 8.53. The highest BCUT2D eigenvalue weighted by atomic mass is 32.2. The highest BCUT2D eigenvalue weighted by molar-refractivity contribution is 7.89. The van der Waals surface area contributed by atoms with E-state index in [0.29, 0.717) is 25.3 Å².